The molecule has 0 saturated carbocycles. The van der Waals surface area contributed by atoms with Crippen LogP contribution in [0.4, 0.5) is 9.59 Å². The van der Waals surface area contributed by atoms with Crippen LogP contribution in [0.15, 0.2) is 110 Å². The number of halogens is 4. The van der Waals surface area contributed by atoms with E-state index in [0.29, 0.717) is 155 Å². The molecule has 11 rings (SSSR count). The topological polar surface area (TPSA) is 290 Å². The Balaban J connectivity index is 0.000000224. The summed E-state index contributed by atoms with van der Waals surface area (Å²) in [7, 11) is 6.06. The zero-order chi connectivity index (χ0) is 73.9. The van der Waals surface area contributed by atoms with Crippen molar-refractivity contribution in [2.24, 2.45) is 0 Å². The minimum atomic E-state index is -0.722. The molecule has 3 atom stereocenters. The highest BCUT2D eigenvalue weighted by molar-refractivity contribution is 6.40. The van der Waals surface area contributed by atoms with Crippen molar-refractivity contribution < 1.29 is 57.2 Å². The Morgan fingerprint density at radius 3 is 1.36 bits per heavy atom. The maximum Gasteiger partial charge on any atom is 0.410 e. The first kappa shape index (κ1) is 75.9. The lowest BCUT2D eigenvalue weighted by Crippen LogP contribution is -2.44. The van der Waals surface area contributed by atoms with Gasteiger partial charge in [-0.1, -0.05) is 101 Å². The van der Waals surface area contributed by atoms with Crippen molar-refractivity contribution in [1.82, 2.24) is 61.0 Å². The molecule has 103 heavy (non-hydrogen) atoms. The number of ether oxygens (including phenoxy) is 6. The van der Waals surface area contributed by atoms with Gasteiger partial charge in [0.1, 0.15) is 34.1 Å². The van der Waals surface area contributed by atoms with Gasteiger partial charge in [0.15, 0.2) is 6.29 Å². The third-order valence-corrected chi connectivity index (χ3v) is 18.5. The van der Waals surface area contributed by atoms with Crippen LogP contribution in [0.1, 0.15) is 107 Å². The number of hydrogen-bond donors (Lipinski definition) is 4. The molecule has 24 nitrogen and oxygen atoms in total. The summed E-state index contributed by atoms with van der Waals surface area (Å²) in [4.78, 5) is 104. The van der Waals surface area contributed by atoms with E-state index in [4.69, 9.17) is 84.8 Å². The van der Waals surface area contributed by atoms with Gasteiger partial charge in [0.05, 0.1) is 102 Å². The summed E-state index contributed by atoms with van der Waals surface area (Å²) in [5.74, 6) is 1.49. The molecule has 0 unspecified atom stereocenters. The van der Waals surface area contributed by atoms with Gasteiger partial charge in [-0.15, -0.1) is 0 Å². The van der Waals surface area contributed by atoms with Gasteiger partial charge in [-0.3, -0.25) is 39.1 Å². The van der Waals surface area contributed by atoms with Crippen molar-refractivity contribution in [3.63, 3.8) is 0 Å². The van der Waals surface area contributed by atoms with Crippen molar-refractivity contribution in [2.45, 2.75) is 129 Å². The summed E-state index contributed by atoms with van der Waals surface area (Å²) in [5, 5.41) is 13.7. The fraction of sp³-hybridized carbons (Fsp3) is 0.360. The molecule has 3 aliphatic rings. The van der Waals surface area contributed by atoms with Gasteiger partial charge in [0.2, 0.25) is 29.5 Å². The summed E-state index contributed by atoms with van der Waals surface area (Å²) >= 11 is 28.1. The number of hydrogen-bond acceptors (Lipinski definition) is 19. The molecule has 3 fully saturated rings. The normalized spacial score (nSPS) is 15.6. The third kappa shape index (κ3) is 18.9. The van der Waals surface area contributed by atoms with E-state index >= 15 is 0 Å². The van der Waals surface area contributed by atoms with E-state index in [1.54, 1.807) is 97.7 Å². The lowest BCUT2D eigenvalue weighted by atomic mass is 9.99. The van der Waals surface area contributed by atoms with Crippen LogP contribution in [-0.4, -0.2) is 153 Å². The van der Waals surface area contributed by atoms with Crippen LogP contribution in [-0.2, 0) is 43.5 Å². The maximum atomic E-state index is 13.3. The second-order valence-electron chi connectivity index (χ2n) is 26.7. The molecule has 4 aromatic heterocycles. The van der Waals surface area contributed by atoms with E-state index in [-0.39, 0.29) is 73.8 Å². The van der Waals surface area contributed by atoms with Crippen LogP contribution in [0.25, 0.3) is 67.3 Å². The Hall–Kier alpha value is -9.72. The predicted molar refractivity (Wildman–Crippen MR) is 392 cm³/mol. The highest BCUT2D eigenvalue weighted by Crippen LogP contribution is 2.45. The Morgan fingerprint density at radius 1 is 0.534 bits per heavy atom. The summed E-state index contributed by atoms with van der Waals surface area (Å²) < 4.78 is 33.7. The van der Waals surface area contributed by atoms with Crippen LogP contribution in [0.3, 0.4) is 0 Å². The van der Waals surface area contributed by atoms with Gasteiger partial charge in [-0.2, -0.15) is 0 Å². The largest absolute Gasteiger partial charge is 0.496 e. The van der Waals surface area contributed by atoms with E-state index in [2.05, 4.69) is 41.2 Å². The Kier molecular flexibility index (Phi) is 24.8. The number of methoxy groups -OCH3 is 4. The highest BCUT2D eigenvalue weighted by atomic mass is 35.5. The molecule has 3 saturated heterocycles. The quantitative estimate of drug-likeness (QED) is 0.0433. The predicted octanol–water partition coefficient (Wildman–Crippen LogP) is 13.6. The molecule has 0 radical (unpaired) electrons. The van der Waals surface area contributed by atoms with Gasteiger partial charge in [0.25, 0.3) is 0 Å². The second-order valence-corrected chi connectivity index (χ2v) is 28.2. The van der Waals surface area contributed by atoms with E-state index in [1.165, 1.54) is 31.1 Å². The van der Waals surface area contributed by atoms with Gasteiger partial charge in [-0.25, -0.2) is 19.6 Å². The van der Waals surface area contributed by atoms with Crippen LogP contribution >= 0.6 is 46.4 Å². The molecule has 4 N–H and O–H groups in total. The maximum absolute atomic E-state index is 13.3. The summed E-state index contributed by atoms with van der Waals surface area (Å²) in [6.45, 7) is 12.6. The van der Waals surface area contributed by atoms with E-state index < -0.39 is 23.4 Å². The number of benzene rings is 4. The number of aldehydes is 1. The van der Waals surface area contributed by atoms with E-state index in [1.807, 2.05) is 60.7 Å². The number of amides is 5. The molecule has 28 heteroatoms. The molecule has 3 aliphatic heterocycles. The summed E-state index contributed by atoms with van der Waals surface area (Å²) in [5.41, 5.74) is 7.90. The number of nitrogens with zero attached hydrogens (tertiary/aromatic N) is 8. The first-order valence-corrected chi connectivity index (χ1v) is 34.8. The van der Waals surface area contributed by atoms with E-state index in [9.17, 15) is 28.8 Å². The molecule has 540 valence electrons. The van der Waals surface area contributed by atoms with Crippen LogP contribution < -0.4 is 40.2 Å². The van der Waals surface area contributed by atoms with Crippen molar-refractivity contribution in [2.75, 3.05) is 48.1 Å². The molecule has 4 aromatic carbocycles. The van der Waals surface area contributed by atoms with Crippen molar-refractivity contribution in [3.05, 3.63) is 152 Å². The molecule has 0 spiro atoms. The Labute approximate surface area is 617 Å². The minimum Gasteiger partial charge on any atom is -0.496 e. The summed E-state index contributed by atoms with van der Waals surface area (Å²) in [6, 6.07) is 25.3. The average molecular weight is 1480 g/mol. The molecule has 0 aliphatic carbocycles. The molecular weight excluding hydrogens is 1400 g/mol. The number of nitrogens with one attached hydrogen (secondary N) is 4. The number of carbonyl (C=O) groups excluding carboxylic acids is 6. The molecule has 0 bridgehead atoms. The molecule has 8 aromatic rings. The lowest BCUT2D eigenvalue weighted by molar-refractivity contribution is -0.120. The van der Waals surface area contributed by atoms with Crippen LogP contribution in [0.5, 0.6) is 23.3 Å². The zero-order valence-electron chi connectivity index (χ0n) is 58.7. The van der Waals surface area contributed by atoms with Gasteiger partial charge in [-0.05, 0) is 91.1 Å². The van der Waals surface area contributed by atoms with Crippen molar-refractivity contribution in [3.8, 4) is 90.5 Å². The van der Waals surface area contributed by atoms with Gasteiger partial charge in [0, 0.05) is 126 Å². The Bertz CT molecular complexity index is 4500. The van der Waals surface area contributed by atoms with E-state index in [0.717, 1.165) is 23.8 Å². The van der Waals surface area contributed by atoms with Crippen molar-refractivity contribution >= 4 is 82.6 Å². The monoisotopic (exact) mass is 1480 g/mol. The number of carbonyl (C=O) groups is 6. The minimum absolute atomic E-state index is 0.0412. The second kappa shape index (κ2) is 33.6. The number of pyridine rings is 2. The fourth-order valence-electron chi connectivity index (χ4n) is 12.0. The van der Waals surface area contributed by atoms with Crippen molar-refractivity contribution in [1.29, 1.82) is 0 Å². The average Bonchev–Trinajstić information content (AvgIpc) is 1.54. The molecular formula is C75H80Cl4N12O12. The molecule has 5 amide bonds. The Morgan fingerprint density at radius 2 is 0.951 bits per heavy atom. The van der Waals surface area contributed by atoms with Crippen LogP contribution in [0.2, 0.25) is 20.1 Å². The summed E-state index contributed by atoms with van der Waals surface area (Å²) in [6.07, 6.45) is 9.51. The lowest BCUT2D eigenvalue weighted by Gasteiger charge is -2.29. The SMILES string of the molecule is COc1cc(-c2nccc(-c3cccc(-c4cnc(CN(C[C@@H]5CCC(=O)N5)C(=O)OC(C)(C)C)c(OC)n4)c3Cl)c2Cl)ccc1C=O.COc1cc(-c2nccc(-c3cccc(-c4cnc(CN(C[C@@H]5CCC(=O)N5)C(=O)OC(C)(C)C)c(OC)n4)c3Cl)c2Cl)ccc1CNC[C@@H]1CCC(=O)N1. The first-order valence-electron chi connectivity index (χ1n) is 33.3. The fourth-order valence-corrected chi connectivity index (χ4v) is 13.3. The smallest absolute Gasteiger partial charge is 0.410 e. The zero-order valence-corrected chi connectivity index (χ0v) is 61.7. The molecule has 7 heterocycles. The van der Waals surface area contributed by atoms with Gasteiger partial charge >= 0.3 is 12.2 Å². The first-order chi connectivity index (χ1) is 49.2. The number of rotatable bonds is 23. The standard InChI is InChI=1S/C40H45Cl2N7O6.C35H35Cl2N5O6/c1-40(2,3)55-39(52)49(21-26-12-14-34(51)47-26)22-31-38(54-5)48-30(20-45-31)29-8-6-7-27(35(29)41)28-15-16-44-37(36(28)42)23-9-10-24(32(17-23)53-4)18-43-19-25-11-13-33(50)46-25;1-35(2,3)48-34(45)42(17-22-11-12-29(44)40-22)18-27-33(47-5)41-26(16-39-27)25-8-6-7-23(30(25)36)24-13-14-38-32(31(24)37)20-9-10-21(19-43)28(15-20)46-4/h6-10,15-17,20,25-26,43H,11-14,18-19,21-22H2,1-5H3,(H,46,50)(H,47,51);6-10,13-16,19,22H,11-12,17-18H2,1-5H3,(H,40,44)/t25-,26-;22-/m00/s1. The van der Waals surface area contributed by atoms with Gasteiger partial charge < -0.3 is 59.5 Å². The number of aromatic nitrogens is 6. The van der Waals surface area contributed by atoms with Crippen LogP contribution in [0, 0.1) is 0 Å². The highest BCUT2D eigenvalue weighted by Gasteiger charge is 2.33. The third-order valence-electron chi connectivity index (χ3n) is 16.9.